The quantitative estimate of drug-likeness (QED) is 0.514. The van der Waals surface area contributed by atoms with Crippen molar-refractivity contribution in [3.63, 3.8) is 0 Å². The Balaban J connectivity index is 1.72. The van der Waals surface area contributed by atoms with Crippen molar-refractivity contribution in [3.8, 4) is 0 Å². The van der Waals surface area contributed by atoms with Gasteiger partial charge < -0.3 is 20.8 Å². The third kappa shape index (κ3) is 4.07. The molecular formula is C12H21N3O4. The SMILES string of the molecule is O=C(NC1CCN(C2CC2)C1)N[C@H](CCO)C(=O)O. The summed E-state index contributed by atoms with van der Waals surface area (Å²) in [5.74, 6) is -1.13. The molecule has 1 saturated heterocycles. The summed E-state index contributed by atoms with van der Waals surface area (Å²) < 4.78 is 0. The molecule has 1 aliphatic heterocycles. The molecule has 7 heteroatoms. The Hall–Kier alpha value is -1.34. The molecule has 0 aromatic rings. The van der Waals surface area contributed by atoms with Crippen LogP contribution in [0, 0.1) is 0 Å². The minimum Gasteiger partial charge on any atom is -0.480 e. The molecule has 0 radical (unpaired) electrons. The molecule has 108 valence electrons. The van der Waals surface area contributed by atoms with E-state index in [1.54, 1.807) is 0 Å². The topological polar surface area (TPSA) is 102 Å². The highest BCUT2D eigenvalue weighted by molar-refractivity contribution is 5.82. The van der Waals surface area contributed by atoms with Crippen molar-refractivity contribution < 1.29 is 19.8 Å². The summed E-state index contributed by atoms with van der Waals surface area (Å²) >= 11 is 0. The van der Waals surface area contributed by atoms with E-state index < -0.39 is 18.0 Å². The van der Waals surface area contributed by atoms with Crippen LogP contribution in [-0.4, -0.2) is 64.9 Å². The van der Waals surface area contributed by atoms with E-state index in [9.17, 15) is 9.59 Å². The van der Waals surface area contributed by atoms with Gasteiger partial charge in [-0.15, -0.1) is 0 Å². The van der Waals surface area contributed by atoms with E-state index in [1.807, 2.05) is 0 Å². The van der Waals surface area contributed by atoms with Gasteiger partial charge in [-0.25, -0.2) is 9.59 Å². The monoisotopic (exact) mass is 271 g/mol. The molecule has 4 N–H and O–H groups in total. The fourth-order valence-corrected chi connectivity index (χ4v) is 2.45. The highest BCUT2D eigenvalue weighted by Crippen LogP contribution is 2.29. The van der Waals surface area contributed by atoms with Gasteiger partial charge in [-0.05, 0) is 19.3 Å². The van der Waals surface area contributed by atoms with Gasteiger partial charge in [0.1, 0.15) is 6.04 Å². The number of carboxylic acids is 1. The molecule has 2 fully saturated rings. The zero-order valence-corrected chi connectivity index (χ0v) is 10.8. The molecule has 7 nitrogen and oxygen atoms in total. The lowest BCUT2D eigenvalue weighted by atomic mass is 10.2. The first-order valence-corrected chi connectivity index (χ1v) is 6.75. The summed E-state index contributed by atoms with van der Waals surface area (Å²) in [4.78, 5) is 24.9. The van der Waals surface area contributed by atoms with Crippen molar-refractivity contribution in [2.45, 2.75) is 43.8 Å². The Labute approximate surface area is 112 Å². The van der Waals surface area contributed by atoms with Crippen LogP contribution in [0.5, 0.6) is 0 Å². The Morgan fingerprint density at radius 1 is 1.32 bits per heavy atom. The van der Waals surface area contributed by atoms with Gasteiger partial charge >= 0.3 is 12.0 Å². The van der Waals surface area contributed by atoms with Crippen molar-refractivity contribution in [3.05, 3.63) is 0 Å². The molecule has 0 bridgehead atoms. The standard InChI is InChI=1S/C12H21N3O4/c16-6-4-10(11(17)18)14-12(19)13-8-3-5-15(7-8)9-1-2-9/h8-10,16H,1-7H2,(H,17,18)(H2,13,14,19)/t8?,10-/m1/s1. The average molecular weight is 271 g/mol. The molecule has 2 aliphatic rings. The third-order valence-electron chi connectivity index (χ3n) is 3.64. The number of aliphatic hydroxyl groups excluding tert-OH is 1. The van der Waals surface area contributed by atoms with E-state index in [-0.39, 0.29) is 19.1 Å². The second-order valence-electron chi connectivity index (χ2n) is 5.23. The largest absolute Gasteiger partial charge is 0.480 e. The molecule has 1 unspecified atom stereocenters. The summed E-state index contributed by atoms with van der Waals surface area (Å²) in [5.41, 5.74) is 0. The maximum Gasteiger partial charge on any atom is 0.326 e. The third-order valence-corrected chi connectivity index (χ3v) is 3.64. The maximum atomic E-state index is 11.7. The number of aliphatic carboxylic acids is 1. The van der Waals surface area contributed by atoms with Gasteiger partial charge in [-0.3, -0.25) is 4.90 Å². The predicted molar refractivity (Wildman–Crippen MR) is 67.8 cm³/mol. The lowest BCUT2D eigenvalue weighted by Crippen LogP contribution is -2.49. The minimum atomic E-state index is -1.13. The molecule has 19 heavy (non-hydrogen) atoms. The van der Waals surface area contributed by atoms with Crippen molar-refractivity contribution in [1.82, 2.24) is 15.5 Å². The Morgan fingerprint density at radius 3 is 2.63 bits per heavy atom. The van der Waals surface area contributed by atoms with Gasteiger partial charge in [0.25, 0.3) is 0 Å². The van der Waals surface area contributed by atoms with Crippen LogP contribution < -0.4 is 10.6 Å². The number of amides is 2. The molecule has 2 amide bonds. The highest BCUT2D eigenvalue weighted by Gasteiger charge is 2.35. The second kappa shape index (κ2) is 6.21. The first kappa shape index (κ1) is 14.1. The Bertz CT molecular complexity index is 346. The normalized spacial score (nSPS) is 25.0. The molecule has 0 aromatic carbocycles. The van der Waals surface area contributed by atoms with Crippen LogP contribution >= 0.6 is 0 Å². The number of carboxylic acid groups (broad SMARTS) is 1. The van der Waals surface area contributed by atoms with E-state index in [0.29, 0.717) is 6.04 Å². The fourth-order valence-electron chi connectivity index (χ4n) is 2.45. The number of carbonyl (C=O) groups excluding carboxylic acids is 1. The van der Waals surface area contributed by atoms with Crippen LogP contribution in [0.25, 0.3) is 0 Å². The predicted octanol–water partition coefficient (Wildman–Crippen LogP) is -0.642. The van der Waals surface area contributed by atoms with Crippen LogP contribution in [0.1, 0.15) is 25.7 Å². The lowest BCUT2D eigenvalue weighted by molar-refractivity contribution is -0.139. The van der Waals surface area contributed by atoms with E-state index in [1.165, 1.54) is 12.8 Å². The van der Waals surface area contributed by atoms with Crippen molar-refractivity contribution >= 4 is 12.0 Å². The number of likely N-dealkylation sites (tertiary alicyclic amines) is 1. The van der Waals surface area contributed by atoms with Crippen LogP contribution in [0.2, 0.25) is 0 Å². The van der Waals surface area contributed by atoms with E-state index in [0.717, 1.165) is 19.5 Å². The molecule has 2 rings (SSSR count). The molecule has 0 spiro atoms. The fraction of sp³-hybridized carbons (Fsp3) is 0.833. The van der Waals surface area contributed by atoms with Crippen LogP contribution in [-0.2, 0) is 4.79 Å². The van der Waals surface area contributed by atoms with Crippen LogP contribution in [0.4, 0.5) is 4.79 Å². The molecule has 1 saturated carbocycles. The van der Waals surface area contributed by atoms with E-state index in [4.69, 9.17) is 10.2 Å². The van der Waals surface area contributed by atoms with Crippen LogP contribution in [0.3, 0.4) is 0 Å². The molecule has 2 atom stereocenters. The zero-order valence-electron chi connectivity index (χ0n) is 10.8. The summed E-state index contributed by atoms with van der Waals surface area (Å²) in [6.45, 7) is 1.57. The minimum absolute atomic E-state index is 0.0155. The van der Waals surface area contributed by atoms with E-state index >= 15 is 0 Å². The molecule has 1 heterocycles. The number of urea groups is 1. The van der Waals surface area contributed by atoms with Gasteiger partial charge in [0, 0.05) is 38.2 Å². The number of nitrogens with zero attached hydrogens (tertiary/aromatic N) is 1. The number of rotatable bonds is 6. The lowest BCUT2D eigenvalue weighted by Gasteiger charge is -2.18. The van der Waals surface area contributed by atoms with Gasteiger partial charge in [0.05, 0.1) is 0 Å². The van der Waals surface area contributed by atoms with Gasteiger partial charge in [-0.2, -0.15) is 0 Å². The summed E-state index contributed by atoms with van der Waals surface area (Å²) in [6.07, 6.45) is 3.41. The first-order chi connectivity index (χ1) is 9.10. The number of nitrogens with one attached hydrogen (secondary N) is 2. The summed E-state index contributed by atoms with van der Waals surface area (Å²) in [6, 6.07) is -0.727. The van der Waals surface area contributed by atoms with Crippen LogP contribution in [0.15, 0.2) is 0 Å². The van der Waals surface area contributed by atoms with Crippen molar-refractivity contribution in [1.29, 1.82) is 0 Å². The van der Waals surface area contributed by atoms with Crippen molar-refractivity contribution in [2.24, 2.45) is 0 Å². The van der Waals surface area contributed by atoms with Crippen molar-refractivity contribution in [2.75, 3.05) is 19.7 Å². The van der Waals surface area contributed by atoms with Gasteiger partial charge in [0.2, 0.25) is 0 Å². The maximum absolute atomic E-state index is 11.7. The van der Waals surface area contributed by atoms with E-state index in [2.05, 4.69) is 15.5 Å². The smallest absolute Gasteiger partial charge is 0.326 e. The Kier molecular flexibility index (Phi) is 4.60. The zero-order chi connectivity index (χ0) is 13.8. The number of carbonyl (C=O) groups is 2. The number of aliphatic hydroxyl groups is 1. The summed E-state index contributed by atoms with van der Waals surface area (Å²) in [5, 5.41) is 22.8. The molecule has 1 aliphatic carbocycles. The first-order valence-electron chi connectivity index (χ1n) is 6.75. The molecular weight excluding hydrogens is 250 g/mol. The Morgan fingerprint density at radius 2 is 2.05 bits per heavy atom. The number of hydrogen-bond donors (Lipinski definition) is 4. The second-order valence-corrected chi connectivity index (χ2v) is 5.23. The average Bonchev–Trinajstić information content (AvgIpc) is 3.10. The van der Waals surface area contributed by atoms with Gasteiger partial charge in [0.15, 0.2) is 0 Å². The number of hydrogen-bond acceptors (Lipinski definition) is 4. The summed E-state index contributed by atoms with van der Waals surface area (Å²) in [7, 11) is 0. The van der Waals surface area contributed by atoms with Gasteiger partial charge in [-0.1, -0.05) is 0 Å². The highest BCUT2D eigenvalue weighted by atomic mass is 16.4. The molecule has 0 aromatic heterocycles.